The summed E-state index contributed by atoms with van der Waals surface area (Å²) in [6, 6.07) is 8.90. The largest absolute Gasteiger partial charge is 0.496 e. The van der Waals surface area contributed by atoms with Gasteiger partial charge in [0.25, 0.3) is 11.6 Å². The first-order valence-corrected chi connectivity index (χ1v) is 7.70. The van der Waals surface area contributed by atoms with Crippen LogP contribution < -0.4 is 10.2 Å². The third-order valence-electron chi connectivity index (χ3n) is 2.97. The topological polar surface area (TPSA) is 93.8 Å². The van der Waals surface area contributed by atoms with Crippen molar-refractivity contribution in [1.29, 1.82) is 0 Å². The van der Waals surface area contributed by atoms with E-state index in [2.05, 4.69) is 26.5 Å². The predicted molar refractivity (Wildman–Crippen MR) is 93.9 cm³/mol. The van der Waals surface area contributed by atoms with Gasteiger partial charge >= 0.3 is 0 Å². The number of carbonyl (C=O) groups excluding carboxylic acids is 1. The molecule has 7 nitrogen and oxygen atoms in total. The molecule has 0 aliphatic carbocycles. The third kappa shape index (κ3) is 4.30. The number of nitrogens with zero attached hydrogens (tertiary/aromatic N) is 2. The summed E-state index contributed by atoms with van der Waals surface area (Å²) in [5.74, 6) is -0.106. The number of nitro groups is 1. The first-order chi connectivity index (χ1) is 11.4. The van der Waals surface area contributed by atoms with Crippen molar-refractivity contribution in [3.05, 3.63) is 67.1 Å². The maximum Gasteiger partial charge on any atom is 0.275 e. The Balaban J connectivity index is 2.17. The van der Waals surface area contributed by atoms with Crippen LogP contribution in [-0.4, -0.2) is 24.2 Å². The molecule has 0 spiro atoms. The molecule has 0 fully saturated rings. The van der Waals surface area contributed by atoms with Crippen LogP contribution in [0.5, 0.6) is 5.75 Å². The maximum atomic E-state index is 12.2. The highest BCUT2D eigenvalue weighted by Gasteiger charge is 2.12. The van der Waals surface area contributed by atoms with E-state index in [1.54, 1.807) is 18.2 Å². The molecule has 0 saturated heterocycles. The van der Waals surface area contributed by atoms with E-state index in [9.17, 15) is 14.9 Å². The SMILES string of the molecule is COc1ccc(Br)cc1C(=O)N/N=C\c1cc([N+](=O)[O-])ccc1Cl. The van der Waals surface area contributed by atoms with Gasteiger partial charge < -0.3 is 4.74 Å². The molecule has 1 amide bonds. The minimum absolute atomic E-state index is 0.124. The molecule has 1 N–H and O–H groups in total. The van der Waals surface area contributed by atoms with Crippen molar-refractivity contribution >= 4 is 45.3 Å². The maximum absolute atomic E-state index is 12.2. The fourth-order valence-electron chi connectivity index (χ4n) is 1.82. The van der Waals surface area contributed by atoms with Gasteiger partial charge in [0.15, 0.2) is 0 Å². The molecule has 0 unspecified atom stereocenters. The Morgan fingerprint density at radius 3 is 2.79 bits per heavy atom. The molecule has 0 bridgehead atoms. The molecule has 124 valence electrons. The van der Waals surface area contributed by atoms with Crippen LogP contribution in [0.1, 0.15) is 15.9 Å². The zero-order valence-electron chi connectivity index (χ0n) is 12.3. The monoisotopic (exact) mass is 411 g/mol. The van der Waals surface area contributed by atoms with Crippen LogP contribution in [0.2, 0.25) is 5.02 Å². The summed E-state index contributed by atoms with van der Waals surface area (Å²) in [4.78, 5) is 22.4. The predicted octanol–water partition coefficient (Wildman–Crippen LogP) is 3.78. The van der Waals surface area contributed by atoms with Crippen LogP contribution in [0.25, 0.3) is 0 Å². The van der Waals surface area contributed by atoms with E-state index < -0.39 is 10.8 Å². The van der Waals surface area contributed by atoms with Crippen molar-refractivity contribution in [2.75, 3.05) is 7.11 Å². The lowest BCUT2D eigenvalue weighted by molar-refractivity contribution is -0.384. The quantitative estimate of drug-likeness (QED) is 0.459. The van der Waals surface area contributed by atoms with Crippen molar-refractivity contribution in [3.63, 3.8) is 0 Å². The Morgan fingerprint density at radius 2 is 2.12 bits per heavy atom. The number of benzene rings is 2. The molecule has 0 aliphatic heterocycles. The minimum Gasteiger partial charge on any atom is -0.496 e. The van der Waals surface area contributed by atoms with Gasteiger partial charge in [-0.25, -0.2) is 5.43 Å². The van der Waals surface area contributed by atoms with Gasteiger partial charge in [0.2, 0.25) is 0 Å². The van der Waals surface area contributed by atoms with E-state index in [-0.39, 0.29) is 16.3 Å². The lowest BCUT2D eigenvalue weighted by Gasteiger charge is -2.07. The number of hydrogen-bond donors (Lipinski definition) is 1. The number of rotatable bonds is 5. The standard InChI is InChI=1S/C15H11BrClN3O4/c1-24-14-5-2-10(16)7-12(14)15(21)19-18-8-9-6-11(20(22)23)3-4-13(9)17/h2-8H,1H3,(H,19,21)/b18-8-. The van der Waals surface area contributed by atoms with E-state index in [4.69, 9.17) is 16.3 Å². The molecule has 0 aromatic heterocycles. The van der Waals surface area contributed by atoms with Crippen molar-refractivity contribution in [1.82, 2.24) is 5.43 Å². The number of halogens is 2. The first kappa shape index (κ1) is 17.9. The molecular formula is C15H11BrClN3O4. The van der Waals surface area contributed by atoms with Gasteiger partial charge in [0.1, 0.15) is 5.75 Å². The van der Waals surface area contributed by atoms with Crippen molar-refractivity contribution < 1.29 is 14.5 Å². The number of nitrogens with one attached hydrogen (secondary N) is 1. The molecule has 0 atom stereocenters. The number of carbonyl (C=O) groups is 1. The summed E-state index contributed by atoms with van der Waals surface area (Å²) >= 11 is 9.22. The van der Waals surface area contributed by atoms with Gasteiger partial charge in [0, 0.05) is 27.2 Å². The van der Waals surface area contributed by atoms with Gasteiger partial charge in [-0.2, -0.15) is 5.10 Å². The van der Waals surface area contributed by atoms with E-state index in [0.717, 1.165) is 0 Å². The second-order valence-corrected chi connectivity index (χ2v) is 5.83. The Labute approximate surface area is 150 Å². The smallest absolute Gasteiger partial charge is 0.275 e. The third-order valence-corrected chi connectivity index (χ3v) is 3.80. The van der Waals surface area contributed by atoms with Gasteiger partial charge in [0.05, 0.1) is 23.8 Å². The first-order valence-electron chi connectivity index (χ1n) is 6.53. The lowest BCUT2D eigenvalue weighted by Crippen LogP contribution is -2.18. The molecule has 0 saturated carbocycles. The van der Waals surface area contributed by atoms with Gasteiger partial charge in [-0.1, -0.05) is 27.5 Å². The van der Waals surface area contributed by atoms with Crippen LogP contribution in [0.4, 0.5) is 5.69 Å². The fourth-order valence-corrected chi connectivity index (χ4v) is 2.35. The number of hydrogen-bond acceptors (Lipinski definition) is 5. The number of amides is 1. The Morgan fingerprint density at radius 1 is 1.38 bits per heavy atom. The Hall–Kier alpha value is -2.45. The van der Waals surface area contributed by atoms with E-state index >= 15 is 0 Å². The van der Waals surface area contributed by atoms with Crippen LogP contribution in [-0.2, 0) is 0 Å². The molecular weight excluding hydrogens is 402 g/mol. The molecule has 0 radical (unpaired) electrons. The number of non-ortho nitro benzene ring substituents is 1. The van der Waals surface area contributed by atoms with Crippen LogP contribution in [0, 0.1) is 10.1 Å². The van der Waals surface area contributed by atoms with Gasteiger partial charge in [-0.15, -0.1) is 0 Å². The van der Waals surface area contributed by atoms with E-state index in [0.29, 0.717) is 15.8 Å². The Kier molecular flexibility index (Phi) is 5.88. The van der Waals surface area contributed by atoms with Crippen LogP contribution in [0.3, 0.4) is 0 Å². The number of ether oxygens (including phenoxy) is 1. The van der Waals surface area contributed by atoms with Crippen molar-refractivity contribution in [2.24, 2.45) is 5.10 Å². The summed E-state index contributed by atoms with van der Waals surface area (Å²) in [6.45, 7) is 0. The highest BCUT2D eigenvalue weighted by atomic mass is 79.9. The molecule has 2 rings (SSSR count). The number of hydrazone groups is 1. The van der Waals surface area contributed by atoms with Gasteiger partial charge in [-0.05, 0) is 24.3 Å². The second-order valence-electron chi connectivity index (χ2n) is 4.51. The van der Waals surface area contributed by atoms with Crippen molar-refractivity contribution in [3.8, 4) is 5.75 Å². The average molecular weight is 413 g/mol. The average Bonchev–Trinajstić information content (AvgIpc) is 2.56. The summed E-state index contributed by atoms with van der Waals surface area (Å²) in [7, 11) is 1.45. The minimum atomic E-state index is -0.543. The molecule has 24 heavy (non-hydrogen) atoms. The highest BCUT2D eigenvalue weighted by molar-refractivity contribution is 9.10. The van der Waals surface area contributed by atoms with E-state index in [1.807, 2.05) is 0 Å². The molecule has 9 heteroatoms. The van der Waals surface area contributed by atoms with Crippen LogP contribution in [0.15, 0.2) is 46.0 Å². The van der Waals surface area contributed by atoms with Gasteiger partial charge in [-0.3, -0.25) is 14.9 Å². The van der Waals surface area contributed by atoms with Crippen LogP contribution >= 0.6 is 27.5 Å². The molecule has 0 aliphatic rings. The molecule has 2 aromatic carbocycles. The van der Waals surface area contributed by atoms with E-state index in [1.165, 1.54) is 31.5 Å². The normalized spacial score (nSPS) is 10.6. The van der Waals surface area contributed by atoms with Crippen molar-refractivity contribution in [2.45, 2.75) is 0 Å². The summed E-state index contributed by atoms with van der Waals surface area (Å²) in [5, 5.41) is 14.8. The summed E-state index contributed by atoms with van der Waals surface area (Å²) in [6.07, 6.45) is 1.23. The fraction of sp³-hybridized carbons (Fsp3) is 0.0667. The zero-order chi connectivity index (χ0) is 17.7. The second kappa shape index (κ2) is 7.89. The highest BCUT2D eigenvalue weighted by Crippen LogP contribution is 2.23. The summed E-state index contributed by atoms with van der Waals surface area (Å²) in [5.41, 5.74) is 2.80. The lowest BCUT2D eigenvalue weighted by atomic mass is 10.2. The number of methoxy groups -OCH3 is 1. The zero-order valence-corrected chi connectivity index (χ0v) is 14.7. The molecule has 2 aromatic rings. The summed E-state index contributed by atoms with van der Waals surface area (Å²) < 4.78 is 5.83. The Bertz CT molecular complexity index is 826. The molecule has 0 heterocycles. The number of nitro benzene ring substituents is 1.